The van der Waals surface area contributed by atoms with E-state index < -0.39 is 0 Å². The molecule has 2 aliphatic rings. The minimum Gasteiger partial charge on any atom is -0.317 e. The topological polar surface area (TPSA) is 12.0 Å². The van der Waals surface area contributed by atoms with Gasteiger partial charge in [0.1, 0.15) is 0 Å². The van der Waals surface area contributed by atoms with Gasteiger partial charge in [0, 0.05) is 6.04 Å². The van der Waals surface area contributed by atoms with Crippen LogP contribution >= 0.6 is 0 Å². The van der Waals surface area contributed by atoms with Crippen molar-refractivity contribution in [3.63, 3.8) is 0 Å². The van der Waals surface area contributed by atoms with Crippen molar-refractivity contribution in [2.75, 3.05) is 7.05 Å². The molecule has 3 unspecified atom stereocenters. The van der Waals surface area contributed by atoms with Gasteiger partial charge in [-0.05, 0) is 43.2 Å². The lowest BCUT2D eigenvalue weighted by Gasteiger charge is -2.16. The number of rotatable bonds is 2. The summed E-state index contributed by atoms with van der Waals surface area (Å²) in [5.41, 5.74) is 2.14. The van der Waals surface area contributed by atoms with Crippen LogP contribution in [0.15, 0.2) is 30.3 Å². The van der Waals surface area contributed by atoms with Gasteiger partial charge >= 0.3 is 0 Å². The summed E-state index contributed by atoms with van der Waals surface area (Å²) in [6.07, 6.45) is 4.15. The molecule has 3 atom stereocenters. The van der Waals surface area contributed by atoms with E-state index in [-0.39, 0.29) is 0 Å². The van der Waals surface area contributed by atoms with Gasteiger partial charge in [-0.3, -0.25) is 0 Å². The molecule has 0 bridgehead atoms. The number of hydrogen-bond acceptors (Lipinski definition) is 1. The van der Waals surface area contributed by atoms with Crippen LogP contribution in [0.3, 0.4) is 0 Å². The highest BCUT2D eigenvalue weighted by Gasteiger charge is 2.60. The van der Waals surface area contributed by atoms with Crippen LogP contribution in [0.1, 0.15) is 24.8 Å². The van der Waals surface area contributed by atoms with Crippen LogP contribution in [-0.2, 0) is 5.41 Å². The van der Waals surface area contributed by atoms with Gasteiger partial charge in [0.2, 0.25) is 0 Å². The molecule has 0 spiro atoms. The first-order valence-corrected chi connectivity index (χ1v) is 5.58. The molecule has 0 radical (unpaired) electrons. The Morgan fingerprint density at radius 3 is 2.64 bits per heavy atom. The van der Waals surface area contributed by atoms with Crippen molar-refractivity contribution in [1.29, 1.82) is 0 Å². The second-order valence-electron chi connectivity index (χ2n) is 4.85. The zero-order valence-electron chi connectivity index (χ0n) is 8.66. The van der Waals surface area contributed by atoms with Gasteiger partial charge in [0.25, 0.3) is 0 Å². The van der Waals surface area contributed by atoms with Crippen molar-refractivity contribution in [1.82, 2.24) is 5.32 Å². The third-order valence-corrected chi connectivity index (χ3v) is 4.17. The Balaban J connectivity index is 1.88. The molecular weight excluding hydrogens is 170 g/mol. The molecule has 0 heterocycles. The molecule has 14 heavy (non-hydrogen) atoms. The van der Waals surface area contributed by atoms with E-state index in [1.54, 1.807) is 5.56 Å². The minimum atomic E-state index is 0.564. The van der Waals surface area contributed by atoms with E-state index >= 15 is 0 Å². The fourth-order valence-electron chi connectivity index (χ4n) is 3.27. The van der Waals surface area contributed by atoms with E-state index in [1.165, 1.54) is 19.3 Å². The van der Waals surface area contributed by atoms with Crippen LogP contribution in [0, 0.1) is 5.92 Å². The lowest BCUT2D eigenvalue weighted by atomic mass is 9.92. The van der Waals surface area contributed by atoms with Crippen LogP contribution in [0.25, 0.3) is 0 Å². The smallest absolute Gasteiger partial charge is 0.00756 e. The molecule has 0 saturated heterocycles. The molecule has 1 N–H and O–H groups in total. The summed E-state index contributed by atoms with van der Waals surface area (Å²) in [4.78, 5) is 0. The number of benzene rings is 1. The molecule has 1 nitrogen and oxygen atoms in total. The van der Waals surface area contributed by atoms with E-state index in [9.17, 15) is 0 Å². The third-order valence-electron chi connectivity index (χ3n) is 4.17. The first kappa shape index (κ1) is 8.49. The summed E-state index contributed by atoms with van der Waals surface area (Å²) in [5, 5.41) is 3.42. The molecular formula is C13H17N. The Kier molecular flexibility index (Phi) is 1.72. The first-order chi connectivity index (χ1) is 6.85. The third kappa shape index (κ3) is 1.05. The highest BCUT2D eigenvalue weighted by molar-refractivity contribution is 5.36. The Hall–Kier alpha value is -0.820. The van der Waals surface area contributed by atoms with E-state index in [2.05, 4.69) is 42.7 Å². The van der Waals surface area contributed by atoms with Crippen LogP contribution in [-0.4, -0.2) is 13.1 Å². The van der Waals surface area contributed by atoms with Crippen molar-refractivity contribution in [3.05, 3.63) is 35.9 Å². The van der Waals surface area contributed by atoms with Gasteiger partial charge < -0.3 is 5.32 Å². The van der Waals surface area contributed by atoms with Crippen LogP contribution in [0.4, 0.5) is 0 Å². The maximum atomic E-state index is 3.42. The van der Waals surface area contributed by atoms with Crippen LogP contribution in [0.2, 0.25) is 0 Å². The fourth-order valence-corrected chi connectivity index (χ4v) is 3.27. The maximum Gasteiger partial charge on any atom is 0.00756 e. The van der Waals surface area contributed by atoms with Gasteiger partial charge in [0.15, 0.2) is 0 Å². The van der Waals surface area contributed by atoms with Crippen molar-refractivity contribution in [2.45, 2.75) is 30.7 Å². The number of fused-ring (bicyclic) bond motifs is 1. The molecule has 2 fully saturated rings. The highest BCUT2D eigenvalue weighted by atomic mass is 14.9. The molecule has 0 aliphatic heterocycles. The van der Waals surface area contributed by atoms with E-state index in [4.69, 9.17) is 0 Å². The normalized spacial score (nSPS) is 39.5. The molecule has 1 aromatic carbocycles. The zero-order chi connectivity index (χ0) is 9.60. The quantitative estimate of drug-likeness (QED) is 0.749. The van der Waals surface area contributed by atoms with E-state index in [0.29, 0.717) is 5.41 Å². The molecule has 1 heteroatoms. The second-order valence-corrected chi connectivity index (χ2v) is 4.85. The summed E-state index contributed by atoms with van der Waals surface area (Å²) in [7, 11) is 2.09. The highest BCUT2D eigenvalue weighted by Crippen LogP contribution is 2.64. The Morgan fingerprint density at radius 1 is 1.21 bits per heavy atom. The van der Waals surface area contributed by atoms with Gasteiger partial charge in [-0.15, -0.1) is 0 Å². The predicted octanol–water partition coefficient (Wildman–Crippen LogP) is 2.33. The molecule has 74 valence electrons. The molecule has 3 rings (SSSR count). The van der Waals surface area contributed by atoms with Crippen molar-refractivity contribution < 1.29 is 0 Å². The molecule has 2 aliphatic carbocycles. The largest absolute Gasteiger partial charge is 0.317 e. The summed E-state index contributed by atoms with van der Waals surface area (Å²) in [6, 6.07) is 11.8. The summed E-state index contributed by atoms with van der Waals surface area (Å²) < 4.78 is 0. The van der Waals surface area contributed by atoms with Crippen molar-refractivity contribution in [2.24, 2.45) is 5.92 Å². The lowest BCUT2D eigenvalue weighted by Crippen LogP contribution is -2.24. The predicted molar refractivity (Wildman–Crippen MR) is 58.3 cm³/mol. The molecule has 0 aromatic heterocycles. The summed E-state index contributed by atoms with van der Waals surface area (Å²) in [6.45, 7) is 0. The Labute approximate surface area is 85.5 Å². The molecule has 0 amide bonds. The second kappa shape index (κ2) is 2.83. The van der Waals surface area contributed by atoms with Crippen LogP contribution < -0.4 is 5.32 Å². The van der Waals surface area contributed by atoms with Gasteiger partial charge in [-0.1, -0.05) is 30.3 Å². The van der Waals surface area contributed by atoms with Gasteiger partial charge in [-0.25, -0.2) is 0 Å². The maximum absolute atomic E-state index is 3.42. The Bertz CT molecular complexity index is 332. The van der Waals surface area contributed by atoms with E-state index in [1.807, 2.05) is 0 Å². The minimum absolute atomic E-state index is 0.564. The summed E-state index contributed by atoms with van der Waals surface area (Å²) >= 11 is 0. The fraction of sp³-hybridized carbons (Fsp3) is 0.538. The average Bonchev–Trinajstić information content (AvgIpc) is 2.83. The standard InChI is InChI=1S/C13H17N/c1-14-12-7-11-8-13(11,9-12)10-5-3-2-4-6-10/h2-6,11-12,14H,7-9H2,1H3. The SMILES string of the molecule is CNC1CC2CC2(c2ccccc2)C1. The van der Waals surface area contributed by atoms with Gasteiger partial charge in [-0.2, -0.15) is 0 Å². The average molecular weight is 187 g/mol. The first-order valence-electron chi connectivity index (χ1n) is 5.58. The zero-order valence-corrected chi connectivity index (χ0v) is 8.66. The van der Waals surface area contributed by atoms with Crippen molar-refractivity contribution >= 4 is 0 Å². The lowest BCUT2D eigenvalue weighted by molar-refractivity contribution is 0.507. The Morgan fingerprint density at radius 2 is 2.00 bits per heavy atom. The molecule has 1 aromatic rings. The monoisotopic (exact) mass is 187 g/mol. The summed E-state index contributed by atoms with van der Waals surface area (Å²) in [5.74, 6) is 0.961. The number of nitrogens with one attached hydrogen (secondary N) is 1. The van der Waals surface area contributed by atoms with E-state index in [0.717, 1.165) is 12.0 Å². The van der Waals surface area contributed by atoms with Crippen molar-refractivity contribution in [3.8, 4) is 0 Å². The molecule has 2 saturated carbocycles. The van der Waals surface area contributed by atoms with Gasteiger partial charge in [0.05, 0.1) is 0 Å². The van der Waals surface area contributed by atoms with Crippen LogP contribution in [0.5, 0.6) is 0 Å². The number of hydrogen-bond donors (Lipinski definition) is 1.